The molecule has 3 aromatic rings. The second-order valence-corrected chi connectivity index (χ2v) is 5.63. The van der Waals surface area contributed by atoms with E-state index in [0.717, 1.165) is 27.8 Å². The Labute approximate surface area is 148 Å². The fourth-order valence-electron chi connectivity index (χ4n) is 2.38. The Balaban J connectivity index is 0.000000196. The molecule has 0 unspecified atom stereocenters. The lowest BCUT2D eigenvalue weighted by molar-refractivity contribution is 0.103. The van der Waals surface area contributed by atoms with Crippen LogP contribution in [0.25, 0.3) is 6.08 Å². The van der Waals surface area contributed by atoms with Crippen molar-refractivity contribution >= 4 is 17.8 Å². The molecule has 3 rings (SSSR count). The Hall–Kier alpha value is -3.22. The minimum atomic E-state index is 0.0914. The van der Waals surface area contributed by atoms with Gasteiger partial charge in [0.05, 0.1) is 0 Å². The lowest BCUT2D eigenvalue weighted by Gasteiger charge is -2.03. The van der Waals surface area contributed by atoms with Gasteiger partial charge in [-0.2, -0.15) is 0 Å². The first-order valence-electron chi connectivity index (χ1n) is 8.05. The Kier molecular flexibility index (Phi) is 6.65. The van der Waals surface area contributed by atoms with Crippen molar-refractivity contribution in [1.82, 2.24) is 0 Å². The molecule has 2 nitrogen and oxygen atoms in total. The number of benzene rings is 3. The highest BCUT2D eigenvalue weighted by Gasteiger charge is 2.09. The summed E-state index contributed by atoms with van der Waals surface area (Å²) < 4.78 is 0. The zero-order valence-corrected chi connectivity index (χ0v) is 14.4. The Morgan fingerprint density at radius 3 is 1.92 bits per heavy atom. The first-order chi connectivity index (χ1) is 12.1. The highest BCUT2D eigenvalue weighted by Crippen LogP contribution is 2.13. The number of carbonyl (C=O) groups is 1. The van der Waals surface area contributed by atoms with E-state index in [2.05, 4.69) is 0 Å². The van der Waals surface area contributed by atoms with Gasteiger partial charge in [0.1, 0.15) is 5.94 Å². The van der Waals surface area contributed by atoms with Crippen LogP contribution in [0.15, 0.2) is 78.9 Å². The molecule has 0 atom stereocenters. The van der Waals surface area contributed by atoms with Crippen LogP contribution >= 0.6 is 0 Å². The van der Waals surface area contributed by atoms with Crippen molar-refractivity contribution in [3.8, 4) is 0 Å². The largest absolute Gasteiger partial charge is 0.289 e. The van der Waals surface area contributed by atoms with Crippen LogP contribution in [0.1, 0.15) is 32.6 Å². The van der Waals surface area contributed by atoms with E-state index >= 15 is 0 Å². The van der Waals surface area contributed by atoms with Gasteiger partial charge in [0, 0.05) is 17.2 Å². The maximum Gasteiger partial charge on any atom is 0.193 e. The molecule has 0 aliphatic rings. The molecule has 0 saturated carbocycles. The normalized spacial score (nSPS) is 9.36. The first kappa shape index (κ1) is 18.1. The van der Waals surface area contributed by atoms with E-state index in [0.29, 0.717) is 0 Å². The van der Waals surface area contributed by atoms with Gasteiger partial charge in [-0.15, -0.1) is 0 Å². The van der Waals surface area contributed by atoms with Crippen molar-refractivity contribution < 1.29 is 9.59 Å². The number of carbonyl (C=O) groups excluding carboxylic acids is 2. The molecule has 25 heavy (non-hydrogen) atoms. The van der Waals surface area contributed by atoms with Gasteiger partial charge in [-0.1, -0.05) is 78.9 Å². The molecule has 2 heteroatoms. The minimum absolute atomic E-state index is 0.0914. The van der Waals surface area contributed by atoms with Crippen molar-refractivity contribution in [3.63, 3.8) is 0 Å². The summed E-state index contributed by atoms with van der Waals surface area (Å²) in [4.78, 5) is 22.0. The van der Waals surface area contributed by atoms with Gasteiger partial charge in [-0.3, -0.25) is 4.79 Å². The maximum absolute atomic E-state index is 12.1. The second-order valence-electron chi connectivity index (χ2n) is 5.63. The van der Waals surface area contributed by atoms with Crippen LogP contribution < -0.4 is 0 Å². The minimum Gasteiger partial charge on any atom is -0.289 e. The standard InChI is InChI=1S/C14H12O.C9H8O/c1-11-7-5-6-10-13(11)14(15)12-8-3-2-4-9-12;1-8-4-2-3-5-9(8)6-7-10/h2-10H,1H3;2-6H,1H3. The SMILES string of the molecule is Cc1ccccc1C(=O)c1ccccc1.Cc1ccccc1C=C=O. The van der Waals surface area contributed by atoms with E-state index in [4.69, 9.17) is 0 Å². The van der Waals surface area contributed by atoms with Gasteiger partial charge in [-0.25, -0.2) is 4.79 Å². The van der Waals surface area contributed by atoms with Crippen molar-refractivity contribution in [3.05, 3.63) is 107 Å². The molecule has 0 aliphatic heterocycles. The third kappa shape index (κ3) is 5.13. The molecular weight excluding hydrogens is 308 g/mol. The topological polar surface area (TPSA) is 34.1 Å². The van der Waals surface area contributed by atoms with Crippen LogP contribution in [0.4, 0.5) is 0 Å². The highest BCUT2D eigenvalue weighted by atomic mass is 16.1. The van der Waals surface area contributed by atoms with E-state index in [1.54, 1.807) is 5.94 Å². The highest BCUT2D eigenvalue weighted by molar-refractivity contribution is 6.09. The monoisotopic (exact) mass is 328 g/mol. The molecule has 0 heterocycles. The van der Waals surface area contributed by atoms with E-state index in [9.17, 15) is 9.59 Å². The Bertz CT molecular complexity index is 889. The summed E-state index contributed by atoms with van der Waals surface area (Å²) in [5.41, 5.74) is 4.59. The van der Waals surface area contributed by atoms with Crippen LogP contribution in [-0.4, -0.2) is 11.7 Å². The Morgan fingerprint density at radius 1 is 0.760 bits per heavy atom. The maximum atomic E-state index is 12.1. The first-order valence-corrected chi connectivity index (χ1v) is 8.05. The number of rotatable bonds is 3. The van der Waals surface area contributed by atoms with Crippen LogP contribution in [0.5, 0.6) is 0 Å². The van der Waals surface area contributed by atoms with Crippen molar-refractivity contribution in [1.29, 1.82) is 0 Å². The van der Waals surface area contributed by atoms with Crippen LogP contribution in [0.3, 0.4) is 0 Å². The molecule has 0 bridgehead atoms. The number of aryl methyl sites for hydroxylation is 2. The number of hydrogen-bond donors (Lipinski definition) is 0. The van der Waals surface area contributed by atoms with Gasteiger partial charge in [0.25, 0.3) is 0 Å². The average Bonchev–Trinajstić information content (AvgIpc) is 2.65. The molecule has 3 aromatic carbocycles. The summed E-state index contributed by atoms with van der Waals surface area (Å²) in [6, 6.07) is 24.7. The molecule has 124 valence electrons. The van der Waals surface area contributed by atoms with Gasteiger partial charge in [0.2, 0.25) is 0 Å². The summed E-state index contributed by atoms with van der Waals surface area (Å²) in [5.74, 6) is 1.84. The molecule has 0 fully saturated rings. The van der Waals surface area contributed by atoms with Gasteiger partial charge < -0.3 is 0 Å². The fourth-order valence-corrected chi connectivity index (χ4v) is 2.38. The zero-order chi connectivity index (χ0) is 18.1. The molecule has 0 spiro atoms. The van der Waals surface area contributed by atoms with E-state index in [-0.39, 0.29) is 5.78 Å². The Morgan fingerprint density at radius 2 is 1.32 bits per heavy atom. The predicted molar refractivity (Wildman–Crippen MR) is 102 cm³/mol. The van der Waals surface area contributed by atoms with Crippen molar-refractivity contribution in [2.45, 2.75) is 13.8 Å². The third-order valence-electron chi connectivity index (χ3n) is 3.83. The summed E-state index contributed by atoms with van der Waals surface area (Å²) in [7, 11) is 0. The molecule has 0 aliphatic carbocycles. The summed E-state index contributed by atoms with van der Waals surface area (Å²) >= 11 is 0. The number of hydrogen-bond acceptors (Lipinski definition) is 2. The van der Waals surface area contributed by atoms with E-state index in [1.165, 1.54) is 6.08 Å². The van der Waals surface area contributed by atoms with Crippen LogP contribution in [0.2, 0.25) is 0 Å². The average molecular weight is 328 g/mol. The smallest absolute Gasteiger partial charge is 0.193 e. The predicted octanol–water partition coefficient (Wildman–Crippen LogP) is 5.07. The van der Waals surface area contributed by atoms with Gasteiger partial charge >= 0.3 is 0 Å². The molecular formula is C23H20O2. The number of ketones is 1. The van der Waals surface area contributed by atoms with Crippen LogP contribution in [-0.2, 0) is 4.79 Å². The molecule has 0 N–H and O–H groups in total. The van der Waals surface area contributed by atoms with E-state index in [1.807, 2.05) is 92.7 Å². The van der Waals surface area contributed by atoms with Crippen molar-refractivity contribution in [2.24, 2.45) is 0 Å². The molecule has 0 amide bonds. The van der Waals surface area contributed by atoms with E-state index < -0.39 is 0 Å². The quantitative estimate of drug-likeness (QED) is 0.497. The molecule has 0 radical (unpaired) electrons. The second kappa shape index (κ2) is 9.17. The van der Waals surface area contributed by atoms with Gasteiger partial charge in [0.15, 0.2) is 5.78 Å². The zero-order valence-electron chi connectivity index (χ0n) is 14.4. The lowest BCUT2D eigenvalue weighted by Crippen LogP contribution is -2.02. The third-order valence-corrected chi connectivity index (χ3v) is 3.83. The van der Waals surface area contributed by atoms with Gasteiger partial charge in [-0.05, 0) is 30.5 Å². The summed E-state index contributed by atoms with van der Waals surface area (Å²) in [5, 5.41) is 0. The molecule has 0 aromatic heterocycles. The summed E-state index contributed by atoms with van der Waals surface area (Å²) in [6.45, 7) is 3.92. The fraction of sp³-hybridized carbons (Fsp3) is 0.0870. The molecule has 0 saturated heterocycles. The van der Waals surface area contributed by atoms with Crippen LogP contribution in [0, 0.1) is 13.8 Å². The summed E-state index contributed by atoms with van der Waals surface area (Å²) in [6.07, 6.45) is 1.44. The van der Waals surface area contributed by atoms with Crippen molar-refractivity contribution in [2.75, 3.05) is 0 Å². The lowest BCUT2D eigenvalue weighted by atomic mass is 9.99.